The number of rotatable bonds is 4. The average Bonchev–Trinajstić information content (AvgIpc) is 2.84. The SMILES string of the molecule is CC(C(=O)O)C(=O)NCc1cc2c(s1)CCC2. The van der Waals surface area contributed by atoms with Gasteiger partial charge in [0.25, 0.3) is 0 Å². The van der Waals surface area contributed by atoms with Crippen LogP contribution in [0.5, 0.6) is 0 Å². The van der Waals surface area contributed by atoms with Gasteiger partial charge in [0.15, 0.2) is 0 Å². The predicted molar refractivity (Wildman–Crippen MR) is 65.0 cm³/mol. The molecule has 1 amide bonds. The van der Waals surface area contributed by atoms with Gasteiger partial charge in [-0.1, -0.05) is 0 Å². The van der Waals surface area contributed by atoms with Crippen LogP contribution in [0.2, 0.25) is 0 Å². The largest absolute Gasteiger partial charge is 0.481 e. The summed E-state index contributed by atoms with van der Waals surface area (Å²) in [6, 6.07) is 2.12. The minimum atomic E-state index is -1.09. The van der Waals surface area contributed by atoms with Crippen molar-refractivity contribution in [2.45, 2.75) is 32.7 Å². The Balaban J connectivity index is 1.89. The molecule has 0 spiro atoms. The summed E-state index contributed by atoms with van der Waals surface area (Å²) in [5.41, 5.74) is 1.39. The van der Waals surface area contributed by atoms with Gasteiger partial charge in [-0.2, -0.15) is 0 Å². The highest BCUT2D eigenvalue weighted by Gasteiger charge is 2.20. The number of aliphatic carboxylic acids is 1. The average molecular weight is 253 g/mol. The van der Waals surface area contributed by atoms with Gasteiger partial charge in [-0.3, -0.25) is 9.59 Å². The van der Waals surface area contributed by atoms with Crippen LogP contribution in [0.25, 0.3) is 0 Å². The van der Waals surface area contributed by atoms with Crippen molar-refractivity contribution in [3.63, 3.8) is 0 Å². The fraction of sp³-hybridized carbons (Fsp3) is 0.500. The molecule has 1 aromatic rings. The van der Waals surface area contributed by atoms with Crippen LogP contribution in [0.4, 0.5) is 0 Å². The molecule has 1 aliphatic rings. The van der Waals surface area contributed by atoms with Crippen LogP contribution >= 0.6 is 11.3 Å². The lowest BCUT2D eigenvalue weighted by atomic mass is 10.2. The Hall–Kier alpha value is -1.36. The monoisotopic (exact) mass is 253 g/mol. The summed E-state index contributed by atoms with van der Waals surface area (Å²) in [7, 11) is 0. The highest BCUT2D eigenvalue weighted by Crippen LogP contribution is 2.30. The van der Waals surface area contributed by atoms with E-state index in [1.54, 1.807) is 11.3 Å². The van der Waals surface area contributed by atoms with Gasteiger partial charge in [-0.15, -0.1) is 11.3 Å². The van der Waals surface area contributed by atoms with Crippen LogP contribution in [-0.2, 0) is 29.0 Å². The first-order chi connectivity index (χ1) is 8.08. The second kappa shape index (κ2) is 4.87. The Bertz CT molecular complexity index is 431. The maximum absolute atomic E-state index is 11.4. The van der Waals surface area contributed by atoms with Gasteiger partial charge in [0.05, 0.1) is 6.54 Å². The molecular formula is C12H15NO3S. The first-order valence-corrected chi connectivity index (χ1v) is 6.50. The molecule has 17 heavy (non-hydrogen) atoms. The molecule has 2 rings (SSSR count). The number of aryl methyl sites for hydroxylation is 2. The minimum absolute atomic E-state index is 0.425. The maximum atomic E-state index is 11.4. The van der Waals surface area contributed by atoms with Gasteiger partial charge in [0, 0.05) is 9.75 Å². The van der Waals surface area contributed by atoms with Crippen LogP contribution in [0.15, 0.2) is 6.07 Å². The van der Waals surface area contributed by atoms with Crippen molar-refractivity contribution in [3.05, 3.63) is 21.4 Å². The molecule has 1 heterocycles. The number of hydrogen-bond acceptors (Lipinski definition) is 3. The first kappa shape index (κ1) is 12.1. The number of carbonyl (C=O) groups excluding carboxylic acids is 1. The summed E-state index contributed by atoms with van der Waals surface area (Å²) in [5, 5.41) is 11.3. The Morgan fingerprint density at radius 1 is 1.53 bits per heavy atom. The zero-order chi connectivity index (χ0) is 12.4. The lowest BCUT2D eigenvalue weighted by Gasteiger charge is -2.06. The molecule has 0 radical (unpaired) electrons. The zero-order valence-electron chi connectivity index (χ0n) is 9.66. The predicted octanol–water partition coefficient (Wildman–Crippen LogP) is 1.57. The Morgan fingerprint density at radius 2 is 2.29 bits per heavy atom. The third-order valence-electron chi connectivity index (χ3n) is 3.00. The highest BCUT2D eigenvalue weighted by atomic mass is 32.1. The van der Waals surface area contributed by atoms with Gasteiger partial charge < -0.3 is 10.4 Å². The first-order valence-electron chi connectivity index (χ1n) is 5.69. The number of fused-ring (bicyclic) bond motifs is 1. The molecule has 1 aliphatic carbocycles. The Morgan fingerprint density at radius 3 is 2.94 bits per heavy atom. The summed E-state index contributed by atoms with van der Waals surface area (Å²) in [6.07, 6.45) is 3.49. The molecule has 0 saturated heterocycles. The third-order valence-corrected chi connectivity index (χ3v) is 4.24. The van der Waals surface area contributed by atoms with Gasteiger partial charge >= 0.3 is 5.97 Å². The van der Waals surface area contributed by atoms with Crippen molar-refractivity contribution in [2.24, 2.45) is 5.92 Å². The molecule has 0 saturated carbocycles. The number of hydrogen-bond donors (Lipinski definition) is 2. The fourth-order valence-electron chi connectivity index (χ4n) is 1.92. The van der Waals surface area contributed by atoms with Crippen LogP contribution in [0, 0.1) is 5.92 Å². The summed E-state index contributed by atoms with van der Waals surface area (Å²) in [4.78, 5) is 24.6. The van der Waals surface area contributed by atoms with E-state index in [1.807, 2.05) is 0 Å². The third kappa shape index (κ3) is 2.66. The van der Waals surface area contributed by atoms with Gasteiger partial charge in [0.1, 0.15) is 5.92 Å². The standard InChI is InChI=1S/C12H15NO3S/c1-7(12(15)16)11(14)13-6-9-5-8-3-2-4-10(8)17-9/h5,7H,2-4,6H2,1H3,(H,13,14)(H,15,16). The maximum Gasteiger partial charge on any atom is 0.315 e. The van der Waals surface area contributed by atoms with Gasteiger partial charge in [-0.05, 0) is 37.8 Å². The van der Waals surface area contributed by atoms with Gasteiger partial charge in [0.2, 0.25) is 5.91 Å². The van der Waals surface area contributed by atoms with Crippen LogP contribution in [0.3, 0.4) is 0 Å². The molecule has 0 aromatic carbocycles. The van der Waals surface area contributed by atoms with Crippen molar-refractivity contribution < 1.29 is 14.7 Å². The van der Waals surface area contributed by atoms with E-state index in [4.69, 9.17) is 5.11 Å². The van der Waals surface area contributed by atoms with E-state index in [-0.39, 0.29) is 0 Å². The Labute approximate surface area is 104 Å². The van der Waals surface area contributed by atoms with Gasteiger partial charge in [-0.25, -0.2) is 0 Å². The van der Waals surface area contributed by atoms with E-state index in [0.717, 1.165) is 17.7 Å². The molecule has 5 heteroatoms. The number of carboxylic acids is 1. The molecule has 1 atom stereocenters. The summed E-state index contributed by atoms with van der Waals surface area (Å²) in [6.45, 7) is 1.83. The fourth-order valence-corrected chi connectivity index (χ4v) is 3.12. The number of carbonyl (C=O) groups is 2. The van der Waals surface area contributed by atoms with Crippen LogP contribution in [-0.4, -0.2) is 17.0 Å². The Kier molecular flexibility index (Phi) is 3.47. The summed E-state index contributed by atoms with van der Waals surface area (Å²) in [5.74, 6) is -2.50. The second-order valence-corrected chi connectivity index (χ2v) is 5.51. The molecule has 92 valence electrons. The number of amides is 1. The van der Waals surface area contributed by atoms with Crippen molar-refractivity contribution in [1.82, 2.24) is 5.32 Å². The molecule has 1 unspecified atom stereocenters. The molecule has 0 bridgehead atoms. The minimum Gasteiger partial charge on any atom is -0.481 e. The van der Waals surface area contributed by atoms with E-state index in [2.05, 4.69) is 11.4 Å². The van der Waals surface area contributed by atoms with E-state index < -0.39 is 17.8 Å². The molecule has 0 aliphatic heterocycles. The summed E-state index contributed by atoms with van der Waals surface area (Å²) >= 11 is 1.72. The van der Waals surface area contributed by atoms with Crippen LogP contribution < -0.4 is 5.32 Å². The molecule has 2 N–H and O–H groups in total. The lowest BCUT2D eigenvalue weighted by molar-refractivity contribution is -0.146. The van der Waals surface area contributed by atoms with E-state index in [9.17, 15) is 9.59 Å². The number of thiophene rings is 1. The van der Waals surface area contributed by atoms with E-state index in [1.165, 1.54) is 23.8 Å². The zero-order valence-corrected chi connectivity index (χ0v) is 10.5. The smallest absolute Gasteiger partial charge is 0.315 e. The molecule has 4 nitrogen and oxygen atoms in total. The number of nitrogens with one attached hydrogen (secondary N) is 1. The molecular weight excluding hydrogens is 238 g/mol. The topological polar surface area (TPSA) is 66.4 Å². The molecule has 0 fully saturated rings. The van der Waals surface area contributed by atoms with E-state index >= 15 is 0 Å². The number of carboxylic acid groups (broad SMARTS) is 1. The summed E-state index contributed by atoms with van der Waals surface area (Å²) < 4.78 is 0. The van der Waals surface area contributed by atoms with Crippen molar-refractivity contribution in [3.8, 4) is 0 Å². The van der Waals surface area contributed by atoms with Crippen molar-refractivity contribution in [2.75, 3.05) is 0 Å². The van der Waals surface area contributed by atoms with Crippen molar-refractivity contribution >= 4 is 23.2 Å². The van der Waals surface area contributed by atoms with Crippen LogP contribution in [0.1, 0.15) is 28.7 Å². The lowest BCUT2D eigenvalue weighted by Crippen LogP contribution is -2.32. The quantitative estimate of drug-likeness (QED) is 0.800. The van der Waals surface area contributed by atoms with E-state index in [0.29, 0.717) is 6.54 Å². The molecule has 1 aromatic heterocycles. The normalized spacial score (nSPS) is 15.4. The highest BCUT2D eigenvalue weighted by molar-refractivity contribution is 7.12. The van der Waals surface area contributed by atoms with Crippen molar-refractivity contribution in [1.29, 1.82) is 0 Å². The second-order valence-electron chi connectivity index (χ2n) is 4.29.